The predicted molar refractivity (Wildman–Crippen MR) is 52.8 cm³/mol. The lowest BCUT2D eigenvalue weighted by Gasteiger charge is -2.09. The molecule has 3 nitrogen and oxygen atoms in total. The maximum atomic E-state index is 12.5. The maximum Gasteiger partial charge on any atom is 0.159 e. The molecule has 1 rings (SSSR count). The van der Waals surface area contributed by atoms with Crippen LogP contribution in [0.15, 0.2) is 24.3 Å². The Balaban J connectivity index is 3.15. The summed E-state index contributed by atoms with van der Waals surface area (Å²) in [6.07, 6.45) is 1.88. The molecule has 0 aliphatic heterocycles. The zero-order chi connectivity index (χ0) is 10.8. The van der Waals surface area contributed by atoms with Gasteiger partial charge in [0.1, 0.15) is 11.1 Å². The first-order valence-electron chi connectivity index (χ1n) is 3.90. The molecule has 0 aliphatic rings. The molecule has 5 heteroatoms. The monoisotopic (exact) mass is 215 g/mol. The standard InChI is InChI=1S/C9H10FNO2S/c1-14(12,13)9(6-11)7-2-4-8(10)5-3-7/h2-6,9,11H,1H3. The van der Waals surface area contributed by atoms with Gasteiger partial charge in [-0.15, -0.1) is 0 Å². The van der Waals surface area contributed by atoms with Crippen molar-refractivity contribution in [3.63, 3.8) is 0 Å². The molecule has 1 aromatic carbocycles. The van der Waals surface area contributed by atoms with Gasteiger partial charge in [0.2, 0.25) is 0 Å². The van der Waals surface area contributed by atoms with Crippen LogP contribution in [0.25, 0.3) is 0 Å². The number of hydrogen-bond donors (Lipinski definition) is 1. The Morgan fingerprint density at radius 1 is 1.36 bits per heavy atom. The maximum absolute atomic E-state index is 12.5. The Morgan fingerprint density at radius 3 is 2.21 bits per heavy atom. The van der Waals surface area contributed by atoms with Gasteiger partial charge >= 0.3 is 0 Å². The van der Waals surface area contributed by atoms with E-state index in [-0.39, 0.29) is 0 Å². The van der Waals surface area contributed by atoms with Gasteiger partial charge in [0.25, 0.3) is 0 Å². The molecule has 0 aromatic heterocycles. The van der Waals surface area contributed by atoms with Gasteiger partial charge in [-0.25, -0.2) is 12.8 Å². The third-order valence-corrected chi connectivity index (χ3v) is 3.14. The van der Waals surface area contributed by atoms with Crippen molar-refractivity contribution in [1.82, 2.24) is 0 Å². The average molecular weight is 215 g/mol. The van der Waals surface area contributed by atoms with Crippen LogP contribution >= 0.6 is 0 Å². The van der Waals surface area contributed by atoms with E-state index in [1.165, 1.54) is 24.3 Å². The summed E-state index contributed by atoms with van der Waals surface area (Å²) >= 11 is 0. The van der Waals surface area contributed by atoms with Crippen LogP contribution in [-0.2, 0) is 9.84 Å². The van der Waals surface area contributed by atoms with E-state index >= 15 is 0 Å². The largest absolute Gasteiger partial charge is 0.311 e. The summed E-state index contributed by atoms with van der Waals surface area (Å²) in [5.74, 6) is -0.425. The number of benzene rings is 1. The second-order valence-corrected chi connectivity index (χ2v) is 5.14. The van der Waals surface area contributed by atoms with Gasteiger partial charge in [-0.1, -0.05) is 12.1 Å². The zero-order valence-electron chi connectivity index (χ0n) is 7.57. The molecular weight excluding hydrogens is 205 g/mol. The third kappa shape index (κ3) is 2.38. The second-order valence-electron chi connectivity index (χ2n) is 2.97. The van der Waals surface area contributed by atoms with Gasteiger partial charge < -0.3 is 5.41 Å². The Bertz CT molecular complexity index is 425. The minimum atomic E-state index is -3.35. The lowest BCUT2D eigenvalue weighted by molar-refractivity contribution is 0.598. The topological polar surface area (TPSA) is 58.0 Å². The Hall–Kier alpha value is -1.23. The average Bonchev–Trinajstić information content (AvgIpc) is 2.07. The summed E-state index contributed by atoms with van der Waals surface area (Å²) in [7, 11) is -3.35. The molecule has 76 valence electrons. The number of rotatable bonds is 3. The highest BCUT2D eigenvalue weighted by molar-refractivity contribution is 7.91. The molecule has 0 radical (unpaired) electrons. The summed E-state index contributed by atoms with van der Waals surface area (Å²) in [4.78, 5) is 0. The second kappa shape index (κ2) is 3.88. The molecule has 0 heterocycles. The van der Waals surface area contributed by atoms with Crippen molar-refractivity contribution in [1.29, 1.82) is 5.41 Å². The lowest BCUT2D eigenvalue weighted by atomic mass is 10.1. The van der Waals surface area contributed by atoms with E-state index in [4.69, 9.17) is 5.41 Å². The Labute approximate surface area is 82.0 Å². The van der Waals surface area contributed by atoms with Crippen LogP contribution in [-0.4, -0.2) is 20.9 Å². The van der Waals surface area contributed by atoms with E-state index in [2.05, 4.69) is 0 Å². The highest BCUT2D eigenvalue weighted by Gasteiger charge is 2.19. The minimum Gasteiger partial charge on any atom is -0.311 e. The van der Waals surface area contributed by atoms with E-state index in [0.717, 1.165) is 12.5 Å². The van der Waals surface area contributed by atoms with E-state index in [1.54, 1.807) is 0 Å². The van der Waals surface area contributed by atoms with Crippen LogP contribution in [0, 0.1) is 11.2 Å². The predicted octanol–water partition coefficient (Wildman–Crippen LogP) is 1.56. The molecule has 1 aromatic rings. The van der Waals surface area contributed by atoms with Crippen LogP contribution in [0.2, 0.25) is 0 Å². The minimum absolute atomic E-state index is 0.406. The van der Waals surface area contributed by atoms with Crippen molar-refractivity contribution < 1.29 is 12.8 Å². The fourth-order valence-corrected chi connectivity index (χ4v) is 2.02. The summed E-state index contributed by atoms with van der Waals surface area (Å²) < 4.78 is 34.9. The van der Waals surface area contributed by atoms with Gasteiger partial charge in [-0.2, -0.15) is 0 Å². The third-order valence-electron chi connectivity index (χ3n) is 1.81. The van der Waals surface area contributed by atoms with Crippen LogP contribution < -0.4 is 0 Å². The molecule has 0 amide bonds. The van der Waals surface area contributed by atoms with Crippen LogP contribution in [0.5, 0.6) is 0 Å². The summed E-state index contributed by atoms with van der Waals surface area (Å²) in [6, 6.07) is 5.09. The van der Waals surface area contributed by atoms with Crippen LogP contribution in [0.4, 0.5) is 4.39 Å². The lowest BCUT2D eigenvalue weighted by Crippen LogP contribution is -2.12. The Kier molecular flexibility index (Phi) is 3.00. The summed E-state index contributed by atoms with van der Waals surface area (Å²) in [6.45, 7) is 0. The van der Waals surface area contributed by atoms with Gasteiger partial charge in [-0.3, -0.25) is 0 Å². The molecular formula is C9H10FNO2S. The van der Waals surface area contributed by atoms with E-state index in [9.17, 15) is 12.8 Å². The molecule has 0 bridgehead atoms. The molecule has 1 N–H and O–H groups in total. The van der Waals surface area contributed by atoms with Gasteiger partial charge in [0.05, 0.1) is 0 Å². The fourth-order valence-electron chi connectivity index (χ4n) is 1.12. The fraction of sp³-hybridized carbons (Fsp3) is 0.222. The smallest absolute Gasteiger partial charge is 0.159 e. The van der Waals surface area contributed by atoms with E-state index in [0.29, 0.717) is 5.56 Å². The normalized spacial score (nSPS) is 13.6. The Morgan fingerprint density at radius 2 is 1.86 bits per heavy atom. The van der Waals surface area contributed by atoms with Crippen molar-refractivity contribution in [2.45, 2.75) is 5.25 Å². The van der Waals surface area contributed by atoms with Crippen molar-refractivity contribution in [2.75, 3.05) is 6.26 Å². The molecule has 0 saturated carbocycles. The van der Waals surface area contributed by atoms with Gasteiger partial charge in [-0.05, 0) is 17.7 Å². The number of nitrogens with one attached hydrogen (secondary N) is 1. The van der Waals surface area contributed by atoms with Crippen molar-refractivity contribution in [3.05, 3.63) is 35.6 Å². The molecule has 0 saturated heterocycles. The quantitative estimate of drug-likeness (QED) is 0.778. The molecule has 0 fully saturated rings. The van der Waals surface area contributed by atoms with E-state index < -0.39 is 20.9 Å². The highest BCUT2D eigenvalue weighted by atomic mass is 32.2. The first kappa shape index (κ1) is 10.8. The van der Waals surface area contributed by atoms with Gasteiger partial charge in [0.15, 0.2) is 9.84 Å². The summed E-state index contributed by atoms with van der Waals surface area (Å²) in [5, 5.41) is 6.03. The van der Waals surface area contributed by atoms with Crippen molar-refractivity contribution in [2.24, 2.45) is 0 Å². The molecule has 0 spiro atoms. The molecule has 1 unspecified atom stereocenters. The zero-order valence-corrected chi connectivity index (χ0v) is 8.38. The summed E-state index contributed by atoms with van der Waals surface area (Å²) in [5.41, 5.74) is 0.406. The molecule has 1 atom stereocenters. The number of sulfone groups is 1. The van der Waals surface area contributed by atoms with E-state index in [1.807, 2.05) is 0 Å². The highest BCUT2D eigenvalue weighted by Crippen LogP contribution is 2.19. The number of hydrogen-bond acceptors (Lipinski definition) is 3. The molecule has 14 heavy (non-hydrogen) atoms. The first-order chi connectivity index (χ1) is 6.45. The SMILES string of the molecule is CS(=O)(=O)C(C=N)c1ccc(F)cc1. The molecule has 0 aliphatic carbocycles. The number of halogens is 1. The van der Waals surface area contributed by atoms with Crippen molar-refractivity contribution in [3.8, 4) is 0 Å². The van der Waals surface area contributed by atoms with Gasteiger partial charge in [0, 0.05) is 12.5 Å². The first-order valence-corrected chi connectivity index (χ1v) is 5.85. The van der Waals surface area contributed by atoms with Crippen LogP contribution in [0.3, 0.4) is 0 Å². The van der Waals surface area contributed by atoms with Crippen LogP contribution in [0.1, 0.15) is 10.8 Å². The van der Waals surface area contributed by atoms with Crippen molar-refractivity contribution >= 4 is 16.1 Å².